The molecular formula is C31H27BrClFN4O4. The quantitative estimate of drug-likeness (QED) is 0.197. The van der Waals surface area contributed by atoms with Crippen LogP contribution in [0.2, 0.25) is 5.02 Å². The molecule has 5 rings (SSSR count). The van der Waals surface area contributed by atoms with Crippen molar-refractivity contribution in [2.75, 3.05) is 12.4 Å². The van der Waals surface area contributed by atoms with Crippen molar-refractivity contribution < 1.29 is 18.7 Å². The minimum absolute atomic E-state index is 0.0615. The summed E-state index contributed by atoms with van der Waals surface area (Å²) in [4.78, 5) is 43.1. The summed E-state index contributed by atoms with van der Waals surface area (Å²) in [7, 11) is 1.33. The average molecular weight is 654 g/mol. The fourth-order valence-electron chi connectivity index (χ4n) is 5.07. The Morgan fingerprint density at radius 3 is 2.71 bits per heavy atom. The lowest BCUT2D eigenvalue weighted by Crippen LogP contribution is -2.29. The zero-order valence-corrected chi connectivity index (χ0v) is 25.2. The Labute approximate surface area is 255 Å². The van der Waals surface area contributed by atoms with Crippen LogP contribution in [-0.4, -0.2) is 33.8 Å². The Bertz CT molecular complexity index is 1740. The van der Waals surface area contributed by atoms with Gasteiger partial charge in [0.15, 0.2) is 5.82 Å². The van der Waals surface area contributed by atoms with Crippen LogP contribution >= 0.6 is 27.5 Å². The molecule has 0 fully saturated rings. The summed E-state index contributed by atoms with van der Waals surface area (Å²) < 4.78 is 21.5. The number of fused-ring (bicyclic) bond motifs is 4. The number of esters is 1. The second kappa shape index (κ2) is 12.5. The van der Waals surface area contributed by atoms with Gasteiger partial charge in [-0.3, -0.25) is 19.4 Å². The van der Waals surface area contributed by atoms with Crippen molar-refractivity contribution in [3.05, 3.63) is 97.8 Å². The van der Waals surface area contributed by atoms with Gasteiger partial charge in [0, 0.05) is 45.0 Å². The van der Waals surface area contributed by atoms with Crippen molar-refractivity contribution in [1.29, 1.82) is 0 Å². The number of ether oxygens (including phenoxy) is 1. The molecule has 0 aliphatic carbocycles. The van der Waals surface area contributed by atoms with Crippen LogP contribution in [0.1, 0.15) is 43.5 Å². The molecule has 0 spiro atoms. The number of amides is 1. The van der Waals surface area contributed by atoms with Gasteiger partial charge >= 0.3 is 5.97 Å². The van der Waals surface area contributed by atoms with Gasteiger partial charge in [-0.2, -0.15) is 5.10 Å². The number of rotatable bonds is 4. The van der Waals surface area contributed by atoms with Gasteiger partial charge in [-0.1, -0.05) is 53.0 Å². The predicted molar refractivity (Wildman–Crippen MR) is 162 cm³/mol. The Morgan fingerprint density at radius 2 is 1.95 bits per heavy atom. The van der Waals surface area contributed by atoms with Crippen molar-refractivity contribution >= 4 is 45.1 Å². The van der Waals surface area contributed by atoms with E-state index in [-0.39, 0.29) is 34.8 Å². The fraction of sp³-hybridized carbons (Fsp3) is 0.258. The maximum atomic E-state index is 14.9. The number of pyridine rings is 1. The number of nitrogens with zero attached hydrogens (tertiary/aromatic N) is 3. The lowest BCUT2D eigenvalue weighted by molar-refractivity contribution is -0.139. The van der Waals surface area contributed by atoms with Crippen LogP contribution < -0.4 is 10.9 Å². The highest BCUT2D eigenvalue weighted by molar-refractivity contribution is 9.10. The van der Waals surface area contributed by atoms with Gasteiger partial charge in [0.1, 0.15) is 0 Å². The molecule has 1 amide bonds. The minimum atomic E-state index is -0.647. The van der Waals surface area contributed by atoms with Gasteiger partial charge in [0.05, 0.1) is 36.5 Å². The van der Waals surface area contributed by atoms with Gasteiger partial charge in [0.25, 0.3) is 5.56 Å². The first-order chi connectivity index (χ1) is 20.2. The van der Waals surface area contributed by atoms with Gasteiger partial charge in [-0.15, -0.1) is 0 Å². The molecule has 11 heteroatoms. The Kier molecular flexibility index (Phi) is 8.84. The summed E-state index contributed by atoms with van der Waals surface area (Å²) in [6.45, 7) is 1.85. The number of hydrogen-bond donors (Lipinski definition) is 1. The van der Waals surface area contributed by atoms with Gasteiger partial charge < -0.3 is 10.1 Å². The highest BCUT2D eigenvalue weighted by Crippen LogP contribution is 2.35. The summed E-state index contributed by atoms with van der Waals surface area (Å²) in [6.07, 6.45) is 4.84. The lowest BCUT2D eigenvalue weighted by atomic mass is 9.94. The molecule has 42 heavy (non-hydrogen) atoms. The van der Waals surface area contributed by atoms with Crippen LogP contribution in [0.25, 0.3) is 22.3 Å². The molecular weight excluding hydrogens is 627 g/mol. The van der Waals surface area contributed by atoms with Crippen molar-refractivity contribution in [3.8, 4) is 22.3 Å². The van der Waals surface area contributed by atoms with E-state index in [2.05, 4.69) is 31.3 Å². The van der Waals surface area contributed by atoms with E-state index in [1.54, 1.807) is 18.3 Å². The summed E-state index contributed by atoms with van der Waals surface area (Å²) in [6, 6.07) is 13.0. The molecule has 0 saturated heterocycles. The summed E-state index contributed by atoms with van der Waals surface area (Å²) in [5.41, 5.74) is 3.41. The molecule has 8 nitrogen and oxygen atoms in total. The largest absolute Gasteiger partial charge is 0.469 e. The maximum Gasteiger partial charge on any atom is 0.309 e. The number of carbonyl (C=O) groups excluding carboxylic acids is 2. The van der Waals surface area contributed by atoms with Gasteiger partial charge in [0.2, 0.25) is 5.91 Å². The van der Waals surface area contributed by atoms with E-state index < -0.39 is 17.4 Å². The molecule has 0 saturated carbocycles. The average Bonchev–Trinajstić information content (AvgIpc) is 2.97. The summed E-state index contributed by atoms with van der Waals surface area (Å²) >= 11 is 9.33. The van der Waals surface area contributed by atoms with Crippen LogP contribution in [0.15, 0.2) is 70.2 Å². The number of hydrogen-bond acceptors (Lipinski definition) is 6. The molecule has 2 aromatic heterocycles. The zero-order valence-electron chi connectivity index (χ0n) is 22.9. The third kappa shape index (κ3) is 6.15. The van der Waals surface area contributed by atoms with Crippen LogP contribution in [-0.2, 0) is 20.7 Å². The molecule has 2 aromatic carbocycles. The van der Waals surface area contributed by atoms with Crippen molar-refractivity contribution in [2.45, 2.75) is 38.6 Å². The monoisotopic (exact) mass is 652 g/mol. The zero-order chi connectivity index (χ0) is 30.0. The van der Waals surface area contributed by atoms with Crippen LogP contribution in [0.3, 0.4) is 0 Å². The van der Waals surface area contributed by atoms with Gasteiger partial charge in [-0.25, -0.2) is 9.07 Å². The number of aromatic nitrogens is 3. The number of methoxy groups -OCH3 is 1. The highest BCUT2D eigenvalue weighted by Gasteiger charge is 2.24. The smallest absolute Gasteiger partial charge is 0.309 e. The van der Waals surface area contributed by atoms with E-state index in [4.69, 9.17) is 16.3 Å². The first-order valence-electron chi connectivity index (χ1n) is 13.4. The van der Waals surface area contributed by atoms with E-state index in [9.17, 15) is 18.8 Å². The molecule has 3 heterocycles. The second-order valence-corrected chi connectivity index (χ2v) is 11.4. The SMILES string of the molecule is COC(=O)Cc1ccc2c(c1)NC(=O)[C@H](C)CCC[C@H](n1ncc(-c3c(Br)ccc(Cl)c3F)cc1=O)c1cc-2ccn1. The Balaban J connectivity index is 1.59. The molecule has 0 unspecified atom stereocenters. The molecule has 0 radical (unpaired) electrons. The highest BCUT2D eigenvalue weighted by atomic mass is 79.9. The van der Waals surface area contributed by atoms with E-state index in [0.29, 0.717) is 46.2 Å². The normalized spacial score (nSPS) is 16.9. The first kappa shape index (κ1) is 29.6. The van der Waals surface area contributed by atoms with Crippen molar-refractivity contribution in [2.24, 2.45) is 5.92 Å². The molecule has 1 N–H and O–H groups in total. The molecule has 2 atom stereocenters. The lowest BCUT2D eigenvalue weighted by Gasteiger charge is -2.22. The van der Waals surface area contributed by atoms with E-state index in [1.165, 1.54) is 30.1 Å². The number of carbonyl (C=O) groups is 2. The van der Waals surface area contributed by atoms with E-state index >= 15 is 0 Å². The summed E-state index contributed by atoms with van der Waals surface area (Å²) in [5, 5.41) is 7.42. The Hall–Kier alpha value is -3.89. The number of nitrogens with one attached hydrogen (secondary N) is 1. The molecule has 2 bridgehead atoms. The van der Waals surface area contributed by atoms with Crippen molar-refractivity contribution in [3.63, 3.8) is 0 Å². The maximum absolute atomic E-state index is 14.9. The number of benzene rings is 2. The topological polar surface area (TPSA) is 103 Å². The van der Waals surface area contributed by atoms with Gasteiger partial charge in [-0.05, 0) is 54.3 Å². The molecule has 1 aliphatic rings. The van der Waals surface area contributed by atoms with Crippen LogP contribution in [0.5, 0.6) is 0 Å². The fourth-order valence-corrected chi connectivity index (χ4v) is 5.77. The van der Waals surface area contributed by atoms with Crippen molar-refractivity contribution in [1.82, 2.24) is 14.8 Å². The van der Waals surface area contributed by atoms with Crippen LogP contribution in [0.4, 0.5) is 10.1 Å². The molecule has 216 valence electrons. The number of anilines is 1. The predicted octanol–water partition coefficient (Wildman–Crippen LogP) is 6.59. The molecule has 1 aliphatic heterocycles. The third-order valence-corrected chi connectivity index (χ3v) is 8.32. The Morgan fingerprint density at radius 1 is 1.14 bits per heavy atom. The van der Waals surface area contributed by atoms with E-state index in [0.717, 1.165) is 11.1 Å². The van der Waals surface area contributed by atoms with Crippen LogP contribution in [0, 0.1) is 11.7 Å². The minimum Gasteiger partial charge on any atom is -0.469 e. The standard InChI is InChI=1S/C31H27BrClFN4O4/c1-17-4-3-5-26(38-27(39)15-20(16-36-38)29-22(32)8-9-23(33)30(29)34)25-14-19(10-11-35-25)21-7-6-18(13-28(40)42-2)12-24(21)37-31(17)41/h6-12,14-17,26H,3-5,13H2,1-2H3,(H,37,41)/t17-,26+/m1/s1. The van der Waals surface area contributed by atoms with E-state index in [1.807, 2.05) is 31.2 Å². The molecule has 4 aromatic rings. The first-order valence-corrected chi connectivity index (χ1v) is 14.5. The third-order valence-electron chi connectivity index (χ3n) is 7.37. The number of halogens is 3. The second-order valence-electron chi connectivity index (χ2n) is 10.2. The summed E-state index contributed by atoms with van der Waals surface area (Å²) in [5.74, 6) is -1.49.